The van der Waals surface area contributed by atoms with Gasteiger partial charge in [-0.05, 0) is 24.8 Å². The van der Waals surface area contributed by atoms with Crippen LogP contribution in [0.25, 0.3) is 0 Å². The Morgan fingerprint density at radius 3 is 2.76 bits per heavy atom. The summed E-state index contributed by atoms with van der Waals surface area (Å²) in [5.41, 5.74) is 9.20. The van der Waals surface area contributed by atoms with Gasteiger partial charge in [-0.1, -0.05) is 30.3 Å². The molecule has 0 heterocycles. The number of hydrogen-bond acceptors (Lipinski definition) is 3. The first-order valence-electron chi connectivity index (χ1n) is 6.18. The standard InChI is InChI=1S/C14H20N2O/c15-13-8-4-7-12(10-17)14(13)16-9-11-5-2-1-3-6-11/h1-3,5-6,12,16-17H,4,7-10,15H2/t12-/m0/s1. The van der Waals surface area contributed by atoms with Crippen molar-refractivity contribution in [2.24, 2.45) is 11.7 Å². The van der Waals surface area contributed by atoms with Crippen LogP contribution >= 0.6 is 0 Å². The molecule has 0 radical (unpaired) electrons. The summed E-state index contributed by atoms with van der Waals surface area (Å²) in [6.07, 6.45) is 3.04. The van der Waals surface area contributed by atoms with Crippen molar-refractivity contribution >= 4 is 0 Å². The summed E-state index contributed by atoms with van der Waals surface area (Å²) in [4.78, 5) is 0. The molecule has 3 heteroatoms. The molecule has 0 saturated heterocycles. The van der Waals surface area contributed by atoms with Crippen LogP contribution in [-0.2, 0) is 6.54 Å². The number of rotatable bonds is 4. The normalized spacial score (nSPS) is 20.4. The zero-order chi connectivity index (χ0) is 12.1. The zero-order valence-corrected chi connectivity index (χ0v) is 10.0. The predicted octanol–water partition coefficient (Wildman–Crippen LogP) is 1.74. The monoisotopic (exact) mass is 232 g/mol. The van der Waals surface area contributed by atoms with Gasteiger partial charge in [-0.25, -0.2) is 0 Å². The first kappa shape index (κ1) is 12.0. The van der Waals surface area contributed by atoms with E-state index in [4.69, 9.17) is 5.73 Å². The number of allylic oxidation sites excluding steroid dienone is 1. The van der Waals surface area contributed by atoms with Gasteiger partial charge in [0.2, 0.25) is 0 Å². The van der Waals surface area contributed by atoms with Crippen LogP contribution in [0.4, 0.5) is 0 Å². The Balaban J connectivity index is 2.01. The molecule has 17 heavy (non-hydrogen) atoms. The van der Waals surface area contributed by atoms with Gasteiger partial charge in [0.25, 0.3) is 0 Å². The van der Waals surface area contributed by atoms with E-state index in [1.807, 2.05) is 18.2 Å². The third kappa shape index (κ3) is 3.01. The van der Waals surface area contributed by atoms with Crippen LogP contribution in [0.2, 0.25) is 0 Å². The summed E-state index contributed by atoms with van der Waals surface area (Å²) in [7, 11) is 0. The fraction of sp³-hybridized carbons (Fsp3) is 0.429. The Bertz CT molecular complexity index is 386. The van der Waals surface area contributed by atoms with Crippen molar-refractivity contribution in [3.8, 4) is 0 Å². The molecule has 4 N–H and O–H groups in total. The molecule has 0 spiro atoms. The van der Waals surface area contributed by atoms with Gasteiger partial charge in [0.1, 0.15) is 0 Å². The topological polar surface area (TPSA) is 58.3 Å². The number of benzene rings is 1. The van der Waals surface area contributed by atoms with Crippen LogP contribution in [0.15, 0.2) is 41.7 Å². The lowest BCUT2D eigenvalue weighted by molar-refractivity contribution is 0.225. The molecule has 0 aromatic heterocycles. The molecular weight excluding hydrogens is 212 g/mol. The van der Waals surface area contributed by atoms with Gasteiger partial charge in [0, 0.05) is 23.9 Å². The van der Waals surface area contributed by atoms with Crippen molar-refractivity contribution in [1.82, 2.24) is 5.32 Å². The quantitative estimate of drug-likeness (QED) is 0.741. The van der Waals surface area contributed by atoms with E-state index in [0.717, 1.165) is 37.2 Å². The Labute approximate surface area is 102 Å². The third-order valence-corrected chi connectivity index (χ3v) is 3.30. The number of nitrogens with one attached hydrogen (secondary N) is 1. The van der Waals surface area contributed by atoms with Crippen molar-refractivity contribution in [2.75, 3.05) is 6.61 Å². The lowest BCUT2D eigenvalue weighted by Crippen LogP contribution is -2.29. The zero-order valence-electron chi connectivity index (χ0n) is 10.0. The molecule has 0 saturated carbocycles. The average molecular weight is 232 g/mol. The Hall–Kier alpha value is -1.48. The van der Waals surface area contributed by atoms with Gasteiger partial charge in [-0.2, -0.15) is 0 Å². The van der Waals surface area contributed by atoms with Gasteiger partial charge in [-0.15, -0.1) is 0 Å². The van der Waals surface area contributed by atoms with E-state index in [1.54, 1.807) is 0 Å². The van der Waals surface area contributed by atoms with Gasteiger partial charge >= 0.3 is 0 Å². The first-order valence-corrected chi connectivity index (χ1v) is 6.18. The molecule has 1 aromatic carbocycles. The maximum absolute atomic E-state index is 9.35. The maximum atomic E-state index is 9.35. The van der Waals surface area contributed by atoms with Crippen LogP contribution in [0.1, 0.15) is 24.8 Å². The molecule has 1 aliphatic rings. The fourth-order valence-corrected chi connectivity index (χ4v) is 2.31. The smallest absolute Gasteiger partial charge is 0.0514 e. The molecule has 0 aliphatic heterocycles. The van der Waals surface area contributed by atoms with E-state index in [1.165, 1.54) is 5.56 Å². The summed E-state index contributed by atoms with van der Waals surface area (Å²) in [5.74, 6) is 0.187. The third-order valence-electron chi connectivity index (χ3n) is 3.30. The van der Waals surface area contributed by atoms with Gasteiger partial charge < -0.3 is 16.2 Å². The van der Waals surface area contributed by atoms with E-state index < -0.39 is 0 Å². The highest BCUT2D eigenvalue weighted by atomic mass is 16.3. The minimum Gasteiger partial charge on any atom is -0.401 e. The largest absolute Gasteiger partial charge is 0.401 e. The van der Waals surface area contributed by atoms with E-state index in [0.29, 0.717) is 0 Å². The molecule has 0 unspecified atom stereocenters. The lowest BCUT2D eigenvalue weighted by Gasteiger charge is -2.26. The highest BCUT2D eigenvalue weighted by Crippen LogP contribution is 2.25. The van der Waals surface area contributed by atoms with Crippen molar-refractivity contribution in [3.05, 3.63) is 47.3 Å². The summed E-state index contributed by atoms with van der Waals surface area (Å²) in [6, 6.07) is 10.2. The molecule has 92 valence electrons. The highest BCUT2D eigenvalue weighted by molar-refractivity contribution is 5.19. The number of nitrogens with two attached hydrogens (primary N) is 1. The predicted molar refractivity (Wildman–Crippen MR) is 68.9 cm³/mol. The summed E-state index contributed by atoms with van der Waals surface area (Å²) < 4.78 is 0. The van der Waals surface area contributed by atoms with Crippen LogP contribution in [0.5, 0.6) is 0 Å². The molecule has 0 bridgehead atoms. The lowest BCUT2D eigenvalue weighted by atomic mass is 9.90. The van der Waals surface area contributed by atoms with Crippen molar-refractivity contribution in [3.63, 3.8) is 0 Å². The second-order valence-corrected chi connectivity index (χ2v) is 4.55. The SMILES string of the molecule is NC1=C(NCc2ccccc2)[C@H](CO)CCC1. The van der Waals surface area contributed by atoms with E-state index >= 15 is 0 Å². The molecule has 1 aromatic rings. The molecular formula is C14H20N2O. The Kier molecular flexibility index (Phi) is 4.04. The van der Waals surface area contributed by atoms with Crippen LogP contribution in [0.3, 0.4) is 0 Å². The maximum Gasteiger partial charge on any atom is 0.0514 e. The van der Waals surface area contributed by atoms with Crippen LogP contribution < -0.4 is 11.1 Å². The number of aliphatic hydroxyl groups is 1. The molecule has 1 atom stereocenters. The van der Waals surface area contributed by atoms with E-state index in [2.05, 4.69) is 17.4 Å². The summed E-state index contributed by atoms with van der Waals surface area (Å²) >= 11 is 0. The molecule has 2 rings (SSSR count). The number of aliphatic hydroxyl groups excluding tert-OH is 1. The minimum absolute atomic E-state index is 0.178. The average Bonchev–Trinajstić information content (AvgIpc) is 2.38. The second-order valence-electron chi connectivity index (χ2n) is 4.55. The molecule has 1 aliphatic carbocycles. The fourth-order valence-electron chi connectivity index (χ4n) is 2.31. The molecule has 0 amide bonds. The van der Waals surface area contributed by atoms with Crippen molar-refractivity contribution < 1.29 is 5.11 Å². The molecule has 3 nitrogen and oxygen atoms in total. The number of hydrogen-bond donors (Lipinski definition) is 3. The van der Waals surface area contributed by atoms with Crippen LogP contribution in [0, 0.1) is 5.92 Å². The van der Waals surface area contributed by atoms with Crippen molar-refractivity contribution in [1.29, 1.82) is 0 Å². The van der Waals surface area contributed by atoms with Gasteiger partial charge in [-0.3, -0.25) is 0 Å². The molecule has 0 fully saturated rings. The van der Waals surface area contributed by atoms with E-state index in [9.17, 15) is 5.11 Å². The minimum atomic E-state index is 0.178. The first-order chi connectivity index (χ1) is 8.31. The Morgan fingerprint density at radius 2 is 2.06 bits per heavy atom. The highest BCUT2D eigenvalue weighted by Gasteiger charge is 2.20. The van der Waals surface area contributed by atoms with Crippen molar-refractivity contribution in [2.45, 2.75) is 25.8 Å². The summed E-state index contributed by atoms with van der Waals surface area (Å²) in [6.45, 7) is 0.950. The second kappa shape index (κ2) is 5.73. The van der Waals surface area contributed by atoms with E-state index in [-0.39, 0.29) is 12.5 Å². The summed E-state index contributed by atoms with van der Waals surface area (Å²) in [5, 5.41) is 12.7. The van der Waals surface area contributed by atoms with Gasteiger partial charge in [0.05, 0.1) is 6.61 Å². The van der Waals surface area contributed by atoms with Crippen LogP contribution in [-0.4, -0.2) is 11.7 Å². The Morgan fingerprint density at radius 1 is 1.29 bits per heavy atom. The van der Waals surface area contributed by atoms with Gasteiger partial charge in [0.15, 0.2) is 0 Å².